The van der Waals surface area contributed by atoms with E-state index in [-0.39, 0.29) is 5.56 Å². The van der Waals surface area contributed by atoms with Crippen molar-refractivity contribution >= 4 is 10.9 Å². The van der Waals surface area contributed by atoms with Crippen LogP contribution in [0, 0.1) is 6.92 Å². The van der Waals surface area contributed by atoms with Crippen molar-refractivity contribution in [2.24, 2.45) is 0 Å². The smallest absolute Gasteiger partial charge is 0.266 e. The highest BCUT2D eigenvalue weighted by molar-refractivity contribution is 5.82. The van der Waals surface area contributed by atoms with Crippen LogP contribution >= 0.6 is 0 Å². The Morgan fingerprint density at radius 3 is 2.53 bits per heavy atom. The fraction of sp³-hybridized carbons (Fsp3) is 0.385. The second-order valence-corrected chi connectivity index (χ2v) is 8.37. The molecule has 0 bridgehead atoms. The predicted octanol–water partition coefficient (Wildman–Crippen LogP) is 4.47. The number of para-hydroxylation sites is 1. The van der Waals surface area contributed by atoms with Crippen LogP contribution in [0.3, 0.4) is 0 Å². The van der Waals surface area contributed by atoms with E-state index in [2.05, 4.69) is 17.2 Å². The summed E-state index contributed by atoms with van der Waals surface area (Å²) in [5.74, 6) is 1.62. The Balaban J connectivity index is 1.69. The van der Waals surface area contributed by atoms with Gasteiger partial charge in [0.25, 0.3) is 5.56 Å². The minimum absolute atomic E-state index is 0.161. The van der Waals surface area contributed by atoms with E-state index in [1.54, 1.807) is 30.9 Å². The first-order valence-electron chi connectivity index (χ1n) is 11.7. The quantitative estimate of drug-likeness (QED) is 0.324. The summed E-state index contributed by atoms with van der Waals surface area (Å²) in [6.45, 7) is 4.55. The van der Waals surface area contributed by atoms with Gasteiger partial charge in [-0.15, -0.1) is 5.10 Å². The highest BCUT2D eigenvalue weighted by atomic mass is 16.5. The molecule has 0 atom stereocenters. The fourth-order valence-electron chi connectivity index (χ4n) is 4.21. The molecule has 34 heavy (non-hydrogen) atoms. The van der Waals surface area contributed by atoms with E-state index in [1.807, 2.05) is 42.1 Å². The molecule has 2 aromatic heterocycles. The van der Waals surface area contributed by atoms with Crippen molar-refractivity contribution < 1.29 is 9.47 Å². The van der Waals surface area contributed by atoms with Crippen molar-refractivity contribution in [1.82, 2.24) is 24.5 Å². The number of rotatable bonds is 10. The number of hydrogen-bond acceptors (Lipinski definition) is 6. The standard InChI is InChI=1S/C26H31N5O3/c1-5-6-7-8-12-20-17-30(29-28-20)16-19-11-9-10-13-23(19)31-18(2)27-22-15-25(34-4)24(33-3)14-21(22)26(31)32/h9-11,13-15,17H,5-8,12,16H2,1-4H3. The first kappa shape index (κ1) is 23.5. The molecule has 0 saturated carbocycles. The summed E-state index contributed by atoms with van der Waals surface area (Å²) in [6.07, 6.45) is 7.71. The molecule has 0 saturated heterocycles. The monoisotopic (exact) mass is 461 g/mol. The zero-order chi connectivity index (χ0) is 24.1. The molecule has 0 aliphatic rings. The number of aryl methyl sites for hydroxylation is 2. The van der Waals surface area contributed by atoms with Gasteiger partial charge < -0.3 is 9.47 Å². The number of hydrogen-bond donors (Lipinski definition) is 0. The van der Waals surface area contributed by atoms with Gasteiger partial charge in [-0.2, -0.15) is 0 Å². The van der Waals surface area contributed by atoms with Crippen molar-refractivity contribution in [1.29, 1.82) is 0 Å². The van der Waals surface area contributed by atoms with Gasteiger partial charge in [-0.05, 0) is 37.5 Å². The molecular formula is C26H31N5O3. The maximum absolute atomic E-state index is 13.6. The summed E-state index contributed by atoms with van der Waals surface area (Å²) in [5, 5.41) is 9.11. The summed E-state index contributed by atoms with van der Waals surface area (Å²) in [4.78, 5) is 18.3. The van der Waals surface area contributed by atoms with E-state index in [4.69, 9.17) is 14.5 Å². The van der Waals surface area contributed by atoms with E-state index >= 15 is 0 Å². The molecule has 0 amide bonds. The number of ether oxygens (including phenoxy) is 2. The third kappa shape index (κ3) is 4.81. The molecule has 0 radical (unpaired) electrons. The van der Waals surface area contributed by atoms with E-state index in [0.29, 0.717) is 34.8 Å². The van der Waals surface area contributed by atoms with Crippen molar-refractivity contribution in [3.63, 3.8) is 0 Å². The largest absolute Gasteiger partial charge is 0.493 e. The number of aromatic nitrogens is 5. The highest BCUT2D eigenvalue weighted by Crippen LogP contribution is 2.30. The summed E-state index contributed by atoms with van der Waals surface area (Å²) >= 11 is 0. The molecule has 4 aromatic rings. The SMILES string of the molecule is CCCCCCc1cn(Cc2ccccc2-n2c(C)nc3cc(OC)c(OC)cc3c2=O)nn1. The average Bonchev–Trinajstić information content (AvgIpc) is 3.29. The van der Waals surface area contributed by atoms with E-state index in [9.17, 15) is 4.79 Å². The van der Waals surface area contributed by atoms with Crippen LogP contribution < -0.4 is 15.0 Å². The van der Waals surface area contributed by atoms with E-state index < -0.39 is 0 Å². The van der Waals surface area contributed by atoms with Crippen LogP contribution in [0.25, 0.3) is 16.6 Å². The van der Waals surface area contributed by atoms with Crippen molar-refractivity contribution in [2.45, 2.75) is 52.5 Å². The molecule has 2 heterocycles. The first-order chi connectivity index (χ1) is 16.5. The molecule has 2 aromatic carbocycles. The zero-order valence-electron chi connectivity index (χ0n) is 20.2. The van der Waals surface area contributed by atoms with Crippen LogP contribution in [0.4, 0.5) is 0 Å². The van der Waals surface area contributed by atoms with E-state index in [0.717, 1.165) is 29.8 Å². The van der Waals surface area contributed by atoms with Crippen molar-refractivity contribution in [3.05, 3.63) is 70.0 Å². The first-order valence-corrected chi connectivity index (χ1v) is 11.7. The van der Waals surface area contributed by atoms with Crippen molar-refractivity contribution in [3.8, 4) is 17.2 Å². The molecule has 0 aliphatic carbocycles. The predicted molar refractivity (Wildman–Crippen MR) is 132 cm³/mol. The van der Waals surface area contributed by atoms with Gasteiger partial charge in [-0.25, -0.2) is 9.67 Å². The van der Waals surface area contributed by atoms with Gasteiger partial charge in [-0.3, -0.25) is 9.36 Å². The molecule has 8 heteroatoms. The van der Waals surface area contributed by atoms with Gasteiger partial charge in [-0.1, -0.05) is 49.6 Å². The second kappa shape index (κ2) is 10.5. The summed E-state index contributed by atoms with van der Waals surface area (Å²) < 4.78 is 14.3. The Labute approximate surface area is 199 Å². The number of benzene rings is 2. The van der Waals surface area contributed by atoms with Gasteiger partial charge in [0, 0.05) is 12.3 Å². The zero-order valence-corrected chi connectivity index (χ0v) is 20.2. The Bertz CT molecular complexity index is 1340. The summed E-state index contributed by atoms with van der Waals surface area (Å²) in [6, 6.07) is 11.2. The molecule has 0 fully saturated rings. The topological polar surface area (TPSA) is 84.1 Å². The molecule has 0 spiro atoms. The maximum Gasteiger partial charge on any atom is 0.266 e. The Morgan fingerprint density at radius 1 is 1.00 bits per heavy atom. The number of fused-ring (bicyclic) bond motifs is 1. The molecule has 0 N–H and O–H groups in total. The number of unbranched alkanes of at least 4 members (excludes halogenated alkanes) is 3. The van der Waals surface area contributed by atoms with Crippen LogP contribution in [-0.2, 0) is 13.0 Å². The highest BCUT2D eigenvalue weighted by Gasteiger charge is 2.16. The van der Waals surface area contributed by atoms with Gasteiger partial charge in [0.15, 0.2) is 11.5 Å². The minimum atomic E-state index is -0.161. The Morgan fingerprint density at radius 2 is 1.76 bits per heavy atom. The van der Waals surface area contributed by atoms with Crippen LogP contribution in [0.15, 0.2) is 47.4 Å². The summed E-state index contributed by atoms with van der Waals surface area (Å²) in [5.41, 5.74) is 3.13. The second-order valence-electron chi connectivity index (χ2n) is 8.37. The molecule has 8 nitrogen and oxygen atoms in total. The molecule has 4 rings (SSSR count). The normalized spacial score (nSPS) is 11.2. The van der Waals surface area contributed by atoms with Crippen molar-refractivity contribution in [2.75, 3.05) is 14.2 Å². The van der Waals surface area contributed by atoms with Crippen LogP contribution in [-0.4, -0.2) is 38.8 Å². The number of nitrogens with zero attached hydrogens (tertiary/aromatic N) is 5. The molecular weight excluding hydrogens is 430 g/mol. The third-order valence-corrected chi connectivity index (χ3v) is 5.98. The van der Waals surface area contributed by atoms with Gasteiger partial charge >= 0.3 is 0 Å². The molecule has 0 aliphatic heterocycles. The van der Waals surface area contributed by atoms with Gasteiger partial charge in [0.1, 0.15) is 5.82 Å². The summed E-state index contributed by atoms with van der Waals surface area (Å²) in [7, 11) is 3.12. The van der Waals surface area contributed by atoms with Crippen LogP contribution in [0.2, 0.25) is 0 Å². The molecule has 0 unspecified atom stereocenters. The lowest BCUT2D eigenvalue weighted by atomic mass is 10.1. The minimum Gasteiger partial charge on any atom is -0.493 e. The maximum atomic E-state index is 13.6. The number of methoxy groups -OCH3 is 2. The fourth-order valence-corrected chi connectivity index (χ4v) is 4.21. The molecule has 178 valence electrons. The van der Waals surface area contributed by atoms with Gasteiger partial charge in [0.05, 0.1) is 43.0 Å². The average molecular weight is 462 g/mol. The third-order valence-electron chi connectivity index (χ3n) is 5.98. The Kier molecular flexibility index (Phi) is 7.25. The van der Waals surface area contributed by atoms with Gasteiger partial charge in [0.2, 0.25) is 0 Å². The van der Waals surface area contributed by atoms with Crippen LogP contribution in [0.1, 0.15) is 49.7 Å². The van der Waals surface area contributed by atoms with E-state index in [1.165, 1.54) is 19.3 Å². The lowest BCUT2D eigenvalue weighted by Crippen LogP contribution is -2.24. The van der Waals surface area contributed by atoms with Crippen LogP contribution in [0.5, 0.6) is 11.5 Å². The lowest BCUT2D eigenvalue weighted by Gasteiger charge is -2.16. The Hall–Kier alpha value is -3.68. The lowest BCUT2D eigenvalue weighted by molar-refractivity contribution is 0.355.